The maximum atomic E-state index is 15.4. The number of nitrogens with one attached hydrogen (secondary N) is 1. The number of hydrogen-bond donors (Lipinski definition) is 2. The van der Waals surface area contributed by atoms with Gasteiger partial charge >= 0.3 is 16.1 Å². The summed E-state index contributed by atoms with van der Waals surface area (Å²) in [6, 6.07) is 12.6. The number of aromatic nitrogens is 4. The van der Waals surface area contributed by atoms with Crippen LogP contribution in [0.3, 0.4) is 0 Å². The number of methoxy groups -OCH3 is 2. The molecule has 2 aromatic carbocycles. The molecule has 3 aliphatic rings. The van der Waals surface area contributed by atoms with Crippen LogP contribution in [0, 0.1) is 41.9 Å². The minimum atomic E-state index is -5.24. The summed E-state index contributed by atoms with van der Waals surface area (Å²) in [6.45, 7) is 0.0668. The number of allylic oxidation sites excluding steroid dienone is 1. The van der Waals surface area contributed by atoms with Gasteiger partial charge in [-0.1, -0.05) is 0 Å². The van der Waals surface area contributed by atoms with Crippen molar-refractivity contribution in [3.63, 3.8) is 0 Å². The summed E-state index contributed by atoms with van der Waals surface area (Å²) in [7, 11) is -2.35. The molecule has 52 heavy (non-hydrogen) atoms. The highest BCUT2D eigenvalue weighted by atomic mass is 32.3. The van der Waals surface area contributed by atoms with E-state index in [0.717, 1.165) is 4.57 Å². The first kappa shape index (κ1) is 36.2. The van der Waals surface area contributed by atoms with E-state index < -0.39 is 46.1 Å². The van der Waals surface area contributed by atoms with Crippen LogP contribution in [-0.4, -0.2) is 64.4 Å². The molecule has 0 amide bonds. The highest BCUT2D eigenvalue weighted by molar-refractivity contribution is 7.80. The number of ether oxygens (including phenoxy) is 3. The number of aryl methyl sites for hydroxylation is 2. The molecule has 4 aromatic rings. The van der Waals surface area contributed by atoms with Gasteiger partial charge in [-0.3, -0.25) is 13.7 Å². The van der Waals surface area contributed by atoms with E-state index in [1.54, 1.807) is 50.3 Å². The van der Waals surface area contributed by atoms with Crippen molar-refractivity contribution in [1.82, 2.24) is 19.1 Å². The minimum Gasteiger partial charge on any atom is -0.497 e. The quantitative estimate of drug-likeness (QED) is 0.131. The van der Waals surface area contributed by atoms with E-state index in [-0.39, 0.29) is 29.5 Å². The van der Waals surface area contributed by atoms with E-state index >= 15 is 8.78 Å². The molecular formula is C34H33F2N7O8S. The maximum absolute atomic E-state index is 15.4. The zero-order valence-corrected chi connectivity index (χ0v) is 29.3. The molecule has 0 radical (unpaired) electrons. The van der Waals surface area contributed by atoms with Gasteiger partial charge in [0, 0.05) is 23.2 Å². The second-order valence-corrected chi connectivity index (χ2v) is 14.2. The van der Waals surface area contributed by atoms with Crippen molar-refractivity contribution in [2.24, 2.45) is 5.41 Å². The van der Waals surface area contributed by atoms with Crippen molar-refractivity contribution in [3.8, 4) is 35.3 Å². The minimum absolute atomic E-state index is 0.0201. The van der Waals surface area contributed by atoms with Gasteiger partial charge in [-0.05, 0) is 80.1 Å². The number of rotatable bonds is 14. The Labute approximate surface area is 296 Å². The number of halogens is 2. The van der Waals surface area contributed by atoms with E-state index in [1.165, 1.54) is 20.3 Å². The zero-order chi connectivity index (χ0) is 37.6. The van der Waals surface area contributed by atoms with Crippen LogP contribution in [0.1, 0.15) is 41.5 Å². The second-order valence-electron chi connectivity index (χ2n) is 13.1. The third-order valence-corrected chi connectivity index (χ3v) is 9.54. The zero-order valence-electron chi connectivity index (χ0n) is 28.4. The second kappa shape index (κ2) is 13.2. The number of imidazole rings is 1. The van der Waals surface area contributed by atoms with Crippen molar-refractivity contribution in [2.75, 3.05) is 26.1 Å². The summed E-state index contributed by atoms with van der Waals surface area (Å²) in [4.78, 5) is 23.4. The Morgan fingerprint density at radius 2 is 1.77 bits per heavy atom. The van der Waals surface area contributed by atoms with Crippen molar-refractivity contribution in [3.05, 3.63) is 69.1 Å². The molecule has 0 unspecified atom stereocenters. The largest absolute Gasteiger partial charge is 0.497 e. The third-order valence-electron chi connectivity index (χ3n) is 9.13. The molecule has 3 fully saturated rings. The lowest BCUT2D eigenvalue weighted by molar-refractivity contribution is -0.0665. The van der Waals surface area contributed by atoms with Gasteiger partial charge in [0.2, 0.25) is 5.95 Å². The predicted octanol–water partition coefficient (Wildman–Crippen LogP) is 4.92. The molecule has 2 aromatic heterocycles. The SMILES string of the molecule is COc1ccc(Cn2c(=O)n(CC(F)(F)COS(=O)(=O)O)c3c(Oc4c(C)cc(/C=C/C#N)cc4C)nc(NC45CC(C#N)(C4)C5)nc32)c(OC)c1. The number of hydrogen-bond acceptors (Lipinski definition) is 12. The molecule has 7 rings (SSSR count). The molecule has 18 heteroatoms. The molecule has 15 nitrogen and oxygen atoms in total. The van der Waals surface area contributed by atoms with E-state index in [2.05, 4.69) is 25.5 Å². The van der Waals surface area contributed by atoms with Crippen LogP contribution in [0.5, 0.6) is 23.1 Å². The lowest BCUT2D eigenvalue weighted by Gasteiger charge is -2.66. The van der Waals surface area contributed by atoms with Gasteiger partial charge in [0.25, 0.3) is 11.8 Å². The highest BCUT2D eigenvalue weighted by Gasteiger charge is 2.69. The molecule has 0 aliphatic heterocycles. The lowest BCUT2D eigenvalue weighted by atomic mass is 9.40. The molecule has 272 valence electrons. The summed E-state index contributed by atoms with van der Waals surface area (Å²) in [6.07, 6.45) is 4.55. The topological polar surface area (TPSA) is 204 Å². The van der Waals surface area contributed by atoms with Crippen molar-refractivity contribution < 1.29 is 40.1 Å². The van der Waals surface area contributed by atoms with Crippen LogP contribution in [0.2, 0.25) is 0 Å². The Bertz CT molecular complexity index is 2330. The van der Waals surface area contributed by atoms with Gasteiger partial charge in [0.15, 0.2) is 11.2 Å². The number of benzene rings is 2. The summed E-state index contributed by atoms with van der Waals surface area (Å²) in [5.41, 5.74) is 0.117. The third kappa shape index (κ3) is 7.00. The standard InChI is InChI=1S/C34H33F2N7O8S/c1-20-10-22(6-5-9-37)11-21(2)27(20)51-29-26-28(39-30(40-29)41-33-14-32(15-33,16-33)17-38)42(13-23-7-8-24(48-3)12-25(23)49-4)31(44)43(26)18-34(35,36)19-50-52(45,46)47/h5-8,10-12H,13-16,18-19H2,1-4H3,(H,39,40,41)(H,45,46,47)/b6-5+. The molecular weight excluding hydrogens is 704 g/mol. The Morgan fingerprint density at radius 1 is 1.08 bits per heavy atom. The lowest BCUT2D eigenvalue weighted by Crippen LogP contribution is -2.70. The fourth-order valence-corrected chi connectivity index (χ4v) is 7.25. The van der Waals surface area contributed by atoms with Crippen molar-refractivity contribution in [1.29, 1.82) is 10.5 Å². The predicted molar refractivity (Wildman–Crippen MR) is 182 cm³/mol. The molecule has 3 aliphatic carbocycles. The first-order valence-electron chi connectivity index (χ1n) is 15.8. The van der Waals surface area contributed by atoms with Gasteiger partial charge in [0.1, 0.15) is 23.9 Å². The number of nitrogens with zero attached hydrogens (tertiary/aromatic N) is 6. The van der Waals surface area contributed by atoms with Crippen LogP contribution in [-0.2, 0) is 27.7 Å². The van der Waals surface area contributed by atoms with Crippen molar-refractivity contribution >= 4 is 33.6 Å². The van der Waals surface area contributed by atoms with Crippen LogP contribution in [0.4, 0.5) is 14.7 Å². The van der Waals surface area contributed by atoms with E-state index in [9.17, 15) is 18.5 Å². The van der Waals surface area contributed by atoms with E-state index in [1.807, 2.05) is 6.07 Å². The van der Waals surface area contributed by atoms with Crippen LogP contribution >= 0.6 is 0 Å². The Balaban J connectivity index is 1.55. The Hall–Kier alpha value is -5.56. The number of fused-ring (bicyclic) bond motifs is 1. The van der Waals surface area contributed by atoms with E-state index in [0.29, 0.717) is 63.3 Å². The van der Waals surface area contributed by atoms with Crippen LogP contribution in [0.15, 0.2) is 41.2 Å². The monoisotopic (exact) mass is 737 g/mol. The van der Waals surface area contributed by atoms with Crippen LogP contribution in [0.25, 0.3) is 17.2 Å². The smallest absolute Gasteiger partial charge is 0.397 e. The number of alkyl halides is 2. The van der Waals surface area contributed by atoms with Crippen molar-refractivity contribution in [2.45, 2.75) is 57.7 Å². The summed E-state index contributed by atoms with van der Waals surface area (Å²) >= 11 is 0. The van der Waals surface area contributed by atoms with E-state index in [4.69, 9.17) is 24.0 Å². The average molecular weight is 738 g/mol. The molecule has 2 heterocycles. The normalized spacial score (nSPS) is 19.4. The number of anilines is 1. The summed E-state index contributed by atoms with van der Waals surface area (Å²) in [5.74, 6) is -3.18. The Kier molecular flexibility index (Phi) is 9.20. The maximum Gasteiger partial charge on any atom is 0.397 e. The molecule has 3 saturated carbocycles. The van der Waals surface area contributed by atoms with Gasteiger partial charge < -0.3 is 19.5 Å². The summed E-state index contributed by atoms with van der Waals surface area (Å²) < 4.78 is 85.1. The van der Waals surface area contributed by atoms with Gasteiger partial charge in [-0.25, -0.2) is 17.8 Å². The fraction of sp³-hybridized carbons (Fsp3) is 0.382. The molecule has 0 spiro atoms. The fourth-order valence-electron chi connectivity index (χ4n) is 6.93. The van der Waals surface area contributed by atoms with Crippen LogP contribution < -0.4 is 25.2 Å². The van der Waals surface area contributed by atoms with Gasteiger partial charge in [-0.2, -0.15) is 28.9 Å². The molecule has 0 saturated heterocycles. The molecule has 2 N–H and O–H groups in total. The molecule has 2 bridgehead atoms. The average Bonchev–Trinajstić information content (AvgIpc) is 3.30. The van der Waals surface area contributed by atoms with Gasteiger partial charge in [-0.15, -0.1) is 0 Å². The number of nitriles is 2. The first-order chi connectivity index (χ1) is 24.5. The molecule has 0 atom stereocenters. The Morgan fingerprint density at radius 3 is 2.37 bits per heavy atom. The summed E-state index contributed by atoms with van der Waals surface area (Å²) in [5, 5.41) is 21.8. The first-order valence-corrected chi connectivity index (χ1v) is 17.2. The highest BCUT2D eigenvalue weighted by Crippen LogP contribution is 2.67. The van der Waals surface area contributed by atoms with Gasteiger partial charge in [0.05, 0.1) is 44.9 Å².